The van der Waals surface area contributed by atoms with E-state index in [9.17, 15) is 0 Å². The topological polar surface area (TPSA) is 3.24 Å². The molecule has 52 heavy (non-hydrogen) atoms. The Morgan fingerprint density at radius 2 is 0.750 bits per heavy atom. The summed E-state index contributed by atoms with van der Waals surface area (Å²) >= 11 is 0. The van der Waals surface area contributed by atoms with E-state index >= 15 is 0 Å². The average Bonchev–Trinajstić information content (AvgIpc) is 3.44. The second-order valence-electron chi connectivity index (χ2n) is 14.5. The SMILES string of the molecule is CC1(C)c2ccccc2-c2ccc(-c3ccc(N(c4ccc(-c5ccccc5)cc4)c4ccc5c6ccccc6c6ccccc6c5c4)cc3)cc21. The van der Waals surface area contributed by atoms with Crippen LogP contribution in [0.15, 0.2) is 188 Å². The number of benzene rings is 9. The molecule has 1 aliphatic carbocycles. The molecule has 1 aliphatic rings. The minimum absolute atomic E-state index is 0.0316. The summed E-state index contributed by atoms with van der Waals surface area (Å²) in [7, 11) is 0. The highest BCUT2D eigenvalue weighted by atomic mass is 15.1. The lowest BCUT2D eigenvalue weighted by molar-refractivity contribution is 0.660. The van der Waals surface area contributed by atoms with E-state index in [0.717, 1.165) is 17.1 Å². The molecule has 0 saturated carbocycles. The van der Waals surface area contributed by atoms with Crippen LogP contribution in [0.25, 0.3) is 65.7 Å². The van der Waals surface area contributed by atoms with Gasteiger partial charge in [0.2, 0.25) is 0 Å². The number of hydrogen-bond acceptors (Lipinski definition) is 1. The molecule has 10 rings (SSSR count). The quantitative estimate of drug-likeness (QED) is 0.166. The van der Waals surface area contributed by atoms with Gasteiger partial charge in [0, 0.05) is 22.5 Å². The smallest absolute Gasteiger partial charge is 0.0468 e. The van der Waals surface area contributed by atoms with Crippen molar-refractivity contribution < 1.29 is 0 Å². The molecule has 0 saturated heterocycles. The van der Waals surface area contributed by atoms with Gasteiger partial charge >= 0.3 is 0 Å². The fraction of sp³-hybridized carbons (Fsp3) is 0.0588. The average molecular weight is 664 g/mol. The molecule has 0 radical (unpaired) electrons. The standard InChI is InChI=1S/C51H37N/c1-51(2)49-19-11-10-18-46(49)47-30-24-37(32-50(47)51)36-22-27-39(28-23-36)52(38-25-20-35(21-26-38)34-12-4-3-5-13-34)40-29-31-45-43-16-7-6-14-41(43)42-15-8-9-17-44(42)48(45)33-40/h3-33H,1-2H3. The molecule has 0 atom stereocenters. The zero-order valence-electron chi connectivity index (χ0n) is 29.3. The van der Waals surface area contributed by atoms with E-state index in [1.807, 2.05) is 0 Å². The van der Waals surface area contributed by atoms with Gasteiger partial charge in [0.05, 0.1) is 0 Å². The summed E-state index contributed by atoms with van der Waals surface area (Å²) in [6.07, 6.45) is 0. The molecule has 0 bridgehead atoms. The van der Waals surface area contributed by atoms with Gasteiger partial charge in [-0.3, -0.25) is 0 Å². The van der Waals surface area contributed by atoms with Crippen LogP contribution in [0.4, 0.5) is 17.1 Å². The van der Waals surface area contributed by atoms with Gasteiger partial charge in [-0.15, -0.1) is 0 Å². The second-order valence-corrected chi connectivity index (χ2v) is 14.5. The van der Waals surface area contributed by atoms with Crippen molar-refractivity contribution in [1.82, 2.24) is 0 Å². The maximum atomic E-state index is 2.41. The highest BCUT2D eigenvalue weighted by Crippen LogP contribution is 2.50. The van der Waals surface area contributed by atoms with Gasteiger partial charge in [0.25, 0.3) is 0 Å². The Morgan fingerprint density at radius 1 is 0.308 bits per heavy atom. The number of nitrogens with zero attached hydrogens (tertiary/aromatic N) is 1. The third kappa shape index (κ3) is 4.77. The van der Waals surface area contributed by atoms with Crippen molar-refractivity contribution in [2.45, 2.75) is 19.3 Å². The maximum absolute atomic E-state index is 2.41. The summed E-state index contributed by atoms with van der Waals surface area (Å²) in [6, 6.07) is 69.1. The Morgan fingerprint density at radius 3 is 1.38 bits per heavy atom. The summed E-state index contributed by atoms with van der Waals surface area (Å²) in [4.78, 5) is 2.39. The van der Waals surface area contributed by atoms with Crippen molar-refractivity contribution in [2.75, 3.05) is 4.90 Å². The minimum atomic E-state index is -0.0316. The van der Waals surface area contributed by atoms with Gasteiger partial charge in [-0.2, -0.15) is 0 Å². The molecule has 1 nitrogen and oxygen atoms in total. The van der Waals surface area contributed by atoms with Crippen molar-refractivity contribution in [3.8, 4) is 33.4 Å². The number of hydrogen-bond donors (Lipinski definition) is 0. The van der Waals surface area contributed by atoms with Gasteiger partial charge in [-0.25, -0.2) is 0 Å². The Labute approximate surface area is 305 Å². The highest BCUT2D eigenvalue weighted by Gasteiger charge is 2.35. The molecule has 9 aromatic carbocycles. The molecule has 0 spiro atoms. The van der Waals surface area contributed by atoms with Crippen LogP contribution >= 0.6 is 0 Å². The monoisotopic (exact) mass is 663 g/mol. The lowest BCUT2D eigenvalue weighted by atomic mass is 9.81. The van der Waals surface area contributed by atoms with Crippen LogP contribution in [-0.4, -0.2) is 0 Å². The van der Waals surface area contributed by atoms with Crippen LogP contribution in [0.2, 0.25) is 0 Å². The molecular formula is C51H37N. The van der Waals surface area contributed by atoms with E-state index in [0.29, 0.717) is 0 Å². The highest BCUT2D eigenvalue weighted by molar-refractivity contribution is 6.25. The lowest BCUT2D eigenvalue weighted by Crippen LogP contribution is -2.14. The van der Waals surface area contributed by atoms with E-state index in [4.69, 9.17) is 0 Å². The van der Waals surface area contributed by atoms with E-state index in [-0.39, 0.29) is 5.41 Å². The summed E-state index contributed by atoms with van der Waals surface area (Å²) in [6.45, 7) is 4.70. The zero-order chi connectivity index (χ0) is 34.8. The third-order valence-electron chi connectivity index (χ3n) is 11.3. The molecule has 246 valence electrons. The molecule has 0 amide bonds. The van der Waals surface area contributed by atoms with Crippen molar-refractivity contribution in [1.29, 1.82) is 0 Å². The van der Waals surface area contributed by atoms with Crippen molar-refractivity contribution in [2.24, 2.45) is 0 Å². The largest absolute Gasteiger partial charge is 0.310 e. The summed E-state index contributed by atoms with van der Waals surface area (Å²) in [5, 5.41) is 7.67. The normalized spacial score (nSPS) is 13.0. The lowest BCUT2D eigenvalue weighted by Gasteiger charge is -2.27. The second kappa shape index (κ2) is 11.8. The van der Waals surface area contributed by atoms with Crippen LogP contribution in [0.5, 0.6) is 0 Å². The van der Waals surface area contributed by atoms with Gasteiger partial charge in [-0.05, 0) is 119 Å². The predicted molar refractivity (Wildman–Crippen MR) is 222 cm³/mol. The number of fused-ring (bicyclic) bond motifs is 9. The maximum Gasteiger partial charge on any atom is 0.0468 e. The molecule has 9 aromatic rings. The Bertz CT molecular complexity index is 2760. The molecule has 0 unspecified atom stereocenters. The van der Waals surface area contributed by atoms with Crippen LogP contribution in [-0.2, 0) is 5.41 Å². The fourth-order valence-corrected chi connectivity index (χ4v) is 8.60. The molecular weight excluding hydrogens is 627 g/mol. The van der Waals surface area contributed by atoms with E-state index in [1.54, 1.807) is 0 Å². The summed E-state index contributed by atoms with van der Waals surface area (Å²) in [5.41, 5.74) is 13.7. The minimum Gasteiger partial charge on any atom is -0.310 e. The zero-order valence-corrected chi connectivity index (χ0v) is 29.3. The van der Waals surface area contributed by atoms with Gasteiger partial charge in [0.1, 0.15) is 0 Å². The van der Waals surface area contributed by atoms with Crippen LogP contribution in [0.3, 0.4) is 0 Å². The first kappa shape index (κ1) is 30.4. The fourth-order valence-electron chi connectivity index (χ4n) is 8.60. The molecule has 0 heterocycles. The van der Waals surface area contributed by atoms with Crippen LogP contribution < -0.4 is 4.90 Å². The molecule has 0 N–H and O–H groups in total. The number of anilines is 3. The van der Waals surface area contributed by atoms with Crippen LogP contribution in [0, 0.1) is 0 Å². The molecule has 0 aliphatic heterocycles. The van der Waals surface area contributed by atoms with E-state index in [1.165, 1.54) is 76.8 Å². The van der Waals surface area contributed by atoms with Crippen LogP contribution in [0.1, 0.15) is 25.0 Å². The predicted octanol–water partition coefficient (Wildman–Crippen LogP) is 14.3. The molecule has 0 aromatic heterocycles. The summed E-state index contributed by atoms with van der Waals surface area (Å²) < 4.78 is 0. The van der Waals surface area contributed by atoms with Gasteiger partial charge in [0.15, 0.2) is 0 Å². The first-order valence-electron chi connectivity index (χ1n) is 18.2. The van der Waals surface area contributed by atoms with Crippen molar-refractivity contribution >= 4 is 49.4 Å². The van der Waals surface area contributed by atoms with Gasteiger partial charge < -0.3 is 4.90 Å². The van der Waals surface area contributed by atoms with Crippen molar-refractivity contribution in [3.05, 3.63) is 199 Å². The van der Waals surface area contributed by atoms with E-state index < -0.39 is 0 Å². The van der Waals surface area contributed by atoms with E-state index in [2.05, 4.69) is 207 Å². The summed E-state index contributed by atoms with van der Waals surface area (Å²) in [5.74, 6) is 0. The van der Waals surface area contributed by atoms with Crippen molar-refractivity contribution in [3.63, 3.8) is 0 Å². The Hall–Kier alpha value is -6.44. The molecule has 0 fully saturated rings. The first-order chi connectivity index (χ1) is 25.5. The Balaban J connectivity index is 1.10. The number of rotatable bonds is 5. The van der Waals surface area contributed by atoms with Gasteiger partial charge in [-0.1, -0.05) is 159 Å². The molecule has 1 heteroatoms. The Kier molecular flexibility index (Phi) is 6.91. The first-order valence-corrected chi connectivity index (χ1v) is 18.2. The third-order valence-corrected chi connectivity index (χ3v) is 11.3.